The molecule has 4 aliphatic carbocycles. The van der Waals surface area contributed by atoms with Crippen molar-refractivity contribution >= 4 is 17.5 Å². The number of hydrogen-bond acceptors (Lipinski definition) is 4. The fourth-order valence-corrected chi connectivity index (χ4v) is 7.42. The van der Waals surface area contributed by atoms with Gasteiger partial charge in [0.05, 0.1) is 0 Å². The van der Waals surface area contributed by atoms with Gasteiger partial charge in [-0.25, -0.2) is 0 Å². The van der Waals surface area contributed by atoms with E-state index in [2.05, 4.69) is 20.8 Å². The first-order valence-corrected chi connectivity index (χ1v) is 10.3. The van der Waals surface area contributed by atoms with Crippen molar-refractivity contribution in [3.63, 3.8) is 0 Å². The summed E-state index contributed by atoms with van der Waals surface area (Å²) in [6.07, 6.45) is 6.67. The fourth-order valence-electron chi connectivity index (χ4n) is 7.42. The molecule has 0 N–H and O–H groups in total. The maximum Gasteiger partial charge on any atom is 0.302 e. The molecule has 4 heteroatoms. The highest BCUT2D eigenvalue weighted by Gasteiger charge is 2.66. The average Bonchev–Trinajstić information content (AvgIpc) is 2.84. The quantitative estimate of drug-likeness (QED) is 0.661. The lowest BCUT2D eigenvalue weighted by atomic mass is 9.40. The van der Waals surface area contributed by atoms with Crippen molar-refractivity contribution in [1.82, 2.24) is 0 Å². The Labute approximate surface area is 156 Å². The fraction of sp³-hybridized carbons (Fsp3) is 0.864. The van der Waals surface area contributed by atoms with Gasteiger partial charge in [0.25, 0.3) is 0 Å². The molecule has 0 saturated heterocycles. The number of esters is 1. The van der Waals surface area contributed by atoms with Crippen LogP contribution in [0.3, 0.4) is 0 Å². The lowest BCUT2D eigenvalue weighted by Crippen LogP contribution is -2.61. The van der Waals surface area contributed by atoms with E-state index in [1.54, 1.807) is 0 Å². The van der Waals surface area contributed by atoms with E-state index in [-0.39, 0.29) is 40.2 Å². The van der Waals surface area contributed by atoms with Crippen molar-refractivity contribution in [1.29, 1.82) is 0 Å². The average molecular weight is 360 g/mol. The standard InChI is InChI=1S/C22H32O4/c1-13(23)26-14-7-10-22(4)16-8-9-21(3)15(5-6-18(21)25)19(16)17(24)12-20(22,2)11-14/h14-16,19H,5-12H2,1-4H3/t14-,15-,16-,19-,20-,21+,22-/m1/s1. The smallest absolute Gasteiger partial charge is 0.302 e. The van der Waals surface area contributed by atoms with Crippen LogP contribution in [0.25, 0.3) is 0 Å². The van der Waals surface area contributed by atoms with E-state index < -0.39 is 0 Å². The Hall–Kier alpha value is -1.19. The number of hydrogen-bond donors (Lipinski definition) is 0. The number of Topliss-reactive ketones (excluding diaryl/α,β-unsaturated/α-hetero) is 2. The van der Waals surface area contributed by atoms with E-state index in [1.165, 1.54) is 6.92 Å². The van der Waals surface area contributed by atoms with E-state index >= 15 is 0 Å². The second-order valence-corrected chi connectivity index (χ2v) is 10.3. The van der Waals surface area contributed by atoms with E-state index in [0.29, 0.717) is 30.3 Å². The van der Waals surface area contributed by atoms with Crippen LogP contribution in [0.15, 0.2) is 0 Å². The molecule has 4 rings (SSSR count). The predicted octanol–water partition coefficient (Wildman–Crippen LogP) is 4.10. The topological polar surface area (TPSA) is 60.4 Å². The predicted molar refractivity (Wildman–Crippen MR) is 97.3 cm³/mol. The highest BCUT2D eigenvalue weighted by molar-refractivity contribution is 5.90. The summed E-state index contributed by atoms with van der Waals surface area (Å²) >= 11 is 0. The van der Waals surface area contributed by atoms with Gasteiger partial charge in [-0.15, -0.1) is 0 Å². The molecular formula is C22H32O4. The Morgan fingerprint density at radius 1 is 1.04 bits per heavy atom. The summed E-state index contributed by atoms with van der Waals surface area (Å²) in [5.41, 5.74) is -0.287. The van der Waals surface area contributed by atoms with Gasteiger partial charge in [-0.2, -0.15) is 0 Å². The molecule has 0 aliphatic heterocycles. The van der Waals surface area contributed by atoms with Crippen LogP contribution in [0.5, 0.6) is 0 Å². The van der Waals surface area contributed by atoms with Gasteiger partial charge in [-0.3, -0.25) is 14.4 Å². The molecule has 0 amide bonds. The Bertz CT molecular complexity index is 669. The maximum absolute atomic E-state index is 13.3. The van der Waals surface area contributed by atoms with E-state index in [0.717, 1.165) is 38.5 Å². The van der Waals surface area contributed by atoms with Crippen molar-refractivity contribution in [2.45, 2.75) is 85.2 Å². The van der Waals surface area contributed by atoms with Gasteiger partial charge in [-0.1, -0.05) is 20.8 Å². The van der Waals surface area contributed by atoms with Crippen molar-refractivity contribution in [3.8, 4) is 0 Å². The molecule has 0 aromatic carbocycles. The third kappa shape index (κ3) is 2.29. The van der Waals surface area contributed by atoms with Gasteiger partial charge in [0.2, 0.25) is 0 Å². The number of ketones is 2. The molecule has 4 aliphatic rings. The summed E-state index contributed by atoms with van der Waals surface area (Å²) in [5, 5.41) is 0. The van der Waals surface area contributed by atoms with E-state index in [4.69, 9.17) is 4.74 Å². The molecule has 0 unspecified atom stereocenters. The molecule has 4 saturated carbocycles. The van der Waals surface area contributed by atoms with Gasteiger partial charge >= 0.3 is 5.97 Å². The summed E-state index contributed by atoms with van der Waals surface area (Å²) in [6, 6.07) is 0. The zero-order valence-electron chi connectivity index (χ0n) is 16.6. The maximum atomic E-state index is 13.3. The molecule has 0 spiro atoms. The van der Waals surface area contributed by atoms with Crippen molar-refractivity contribution in [2.24, 2.45) is 34.0 Å². The molecule has 0 heterocycles. The molecule has 144 valence electrons. The highest BCUT2D eigenvalue weighted by atomic mass is 16.5. The second-order valence-electron chi connectivity index (χ2n) is 10.3. The monoisotopic (exact) mass is 360 g/mol. The summed E-state index contributed by atoms with van der Waals surface area (Å²) in [7, 11) is 0. The minimum absolute atomic E-state index is 0.0585. The van der Waals surface area contributed by atoms with Crippen molar-refractivity contribution < 1.29 is 19.1 Å². The molecule has 7 atom stereocenters. The van der Waals surface area contributed by atoms with Gasteiger partial charge < -0.3 is 4.74 Å². The Morgan fingerprint density at radius 3 is 2.46 bits per heavy atom. The van der Waals surface area contributed by atoms with Crippen LogP contribution in [0, 0.1) is 34.0 Å². The zero-order chi connectivity index (χ0) is 18.9. The van der Waals surface area contributed by atoms with Crippen LogP contribution in [0.1, 0.15) is 79.1 Å². The van der Waals surface area contributed by atoms with E-state index in [1.807, 2.05) is 0 Å². The molecule has 0 aromatic rings. The van der Waals surface area contributed by atoms with E-state index in [9.17, 15) is 14.4 Å². The number of carbonyl (C=O) groups excluding carboxylic acids is 3. The normalized spacial score (nSPS) is 50.6. The summed E-state index contributed by atoms with van der Waals surface area (Å²) in [5.74, 6) is 1.20. The Morgan fingerprint density at radius 2 is 1.77 bits per heavy atom. The largest absolute Gasteiger partial charge is 0.463 e. The lowest BCUT2D eigenvalue weighted by molar-refractivity contribution is -0.185. The minimum atomic E-state index is -0.268. The van der Waals surface area contributed by atoms with Gasteiger partial charge in [-0.05, 0) is 61.2 Å². The Kier molecular flexibility index (Phi) is 3.95. The first-order chi connectivity index (χ1) is 12.1. The summed E-state index contributed by atoms with van der Waals surface area (Å²) in [6.45, 7) is 8.20. The third-order valence-corrected chi connectivity index (χ3v) is 9.11. The van der Waals surface area contributed by atoms with Crippen LogP contribution < -0.4 is 0 Å². The lowest BCUT2D eigenvalue weighted by Gasteiger charge is -2.63. The van der Waals surface area contributed by atoms with Crippen LogP contribution >= 0.6 is 0 Å². The molecule has 0 radical (unpaired) electrons. The number of fused-ring (bicyclic) bond motifs is 5. The molecule has 4 nitrogen and oxygen atoms in total. The van der Waals surface area contributed by atoms with Crippen LogP contribution in [0.2, 0.25) is 0 Å². The van der Waals surface area contributed by atoms with Crippen LogP contribution in [0.4, 0.5) is 0 Å². The SMILES string of the molecule is CC(=O)O[C@@H]1CC[C@]2(C)[C@@H]3CC[C@]4(C)C(=O)CC[C@@H]4[C@H]3C(=O)C[C@@]2(C)C1. The molecule has 0 bridgehead atoms. The minimum Gasteiger partial charge on any atom is -0.463 e. The second kappa shape index (κ2) is 5.65. The third-order valence-electron chi connectivity index (χ3n) is 9.11. The van der Waals surface area contributed by atoms with Crippen LogP contribution in [-0.4, -0.2) is 23.6 Å². The highest BCUT2D eigenvalue weighted by Crippen LogP contribution is 2.68. The molecule has 4 fully saturated rings. The molecule has 26 heavy (non-hydrogen) atoms. The number of carbonyl (C=O) groups is 3. The summed E-state index contributed by atoms with van der Waals surface area (Å²) < 4.78 is 5.53. The van der Waals surface area contributed by atoms with Gasteiger partial charge in [0, 0.05) is 31.1 Å². The van der Waals surface area contributed by atoms with Crippen LogP contribution in [-0.2, 0) is 19.1 Å². The first-order valence-electron chi connectivity index (χ1n) is 10.3. The molecular weight excluding hydrogens is 328 g/mol. The van der Waals surface area contributed by atoms with Gasteiger partial charge in [0.1, 0.15) is 17.7 Å². The summed E-state index contributed by atoms with van der Waals surface area (Å²) in [4.78, 5) is 37.3. The zero-order valence-corrected chi connectivity index (χ0v) is 16.6. The van der Waals surface area contributed by atoms with Crippen molar-refractivity contribution in [2.75, 3.05) is 0 Å². The first kappa shape index (κ1) is 18.2. The molecule has 0 aromatic heterocycles. The number of ether oxygens (including phenoxy) is 1. The number of rotatable bonds is 1. The van der Waals surface area contributed by atoms with Crippen molar-refractivity contribution in [3.05, 3.63) is 0 Å². The van der Waals surface area contributed by atoms with Gasteiger partial charge in [0.15, 0.2) is 0 Å². The Balaban J connectivity index is 1.66.